The van der Waals surface area contributed by atoms with E-state index >= 15 is 0 Å². The van der Waals surface area contributed by atoms with Crippen molar-refractivity contribution < 1.29 is 0 Å². The first-order chi connectivity index (χ1) is 7.81. The van der Waals surface area contributed by atoms with Gasteiger partial charge in [-0.3, -0.25) is 4.98 Å². The molecule has 2 aromatic heterocycles. The van der Waals surface area contributed by atoms with E-state index in [-0.39, 0.29) is 5.28 Å². The van der Waals surface area contributed by atoms with Crippen molar-refractivity contribution in [2.24, 2.45) is 0 Å². The van der Waals surface area contributed by atoms with Crippen molar-refractivity contribution in [3.05, 3.63) is 53.3 Å². The average molecular weight is 231 g/mol. The second-order valence-corrected chi connectivity index (χ2v) is 3.44. The molecular weight excluding hydrogens is 224 g/mol. The normalized spacial score (nSPS) is 11.8. The highest BCUT2D eigenvalue weighted by molar-refractivity contribution is 6.28. The number of halogens is 1. The molecule has 1 atom stereocenters. The van der Waals surface area contributed by atoms with E-state index in [1.54, 1.807) is 24.5 Å². The molecule has 4 nitrogen and oxygen atoms in total. The van der Waals surface area contributed by atoms with Crippen LogP contribution in [0.5, 0.6) is 0 Å². The van der Waals surface area contributed by atoms with Gasteiger partial charge in [-0.1, -0.05) is 6.07 Å². The molecule has 2 rings (SSSR count). The quantitative estimate of drug-likeness (QED) is 0.742. The Hall–Kier alpha value is -1.99. The van der Waals surface area contributed by atoms with Gasteiger partial charge in [-0.25, -0.2) is 9.97 Å². The highest BCUT2D eigenvalue weighted by atomic mass is 35.5. The van der Waals surface area contributed by atoms with Crippen LogP contribution in [0.2, 0.25) is 5.28 Å². The van der Waals surface area contributed by atoms with Gasteiger partial charge in [0.15, 0.2) is 0 Å². The van der Waals surface area contributed by atoms with E-state index in [0.717, 1.165) is 5.56 Å². The van der Waals surface area contributed by atoms with Crippen LogP contribution < -0.4 is 0 Å². The summed E-state index contributed by atoms with van der Waals surface area (Å²) in [6, 6.07) is 7.46. The summed E-state index contributed by atoms with van der Waals surface area (Å²) in [6.07, 6.45) is 4.83. The van der Waals surface area contributed by atoms with Gasteiger partial charge >= 0.3 is 0 Å². The second kappa shape index (κ2) is 4.69. The van der Waals surface area contributed by atoms with Crippen molar-refractivity contribution in [3.63, 3.8) is 0 Å². The minimum atomic E-state index is -0.464. The number of nitrogens with zero attached hydrogens (tertiary/aromatic N) is 4. The van der Waals surface area contributed by atoms with Crippen LogP contribution in [0.1, 0.15) is 17.2 Å². The first kappa shape index (κ1) is 10.5. The summed E-state index contributed by atoms with van der Waals surface area (Å²) in [5.41, 5.74) is 1.37. The smallest absolute Gasteiger partial charge is 0.222 e. The number of nitriles is 1. The Morgan fingerprint density at radius 1 is 1.31 bits per heavy atom. The van der Waals surface area contributed by atoms with Gasteiger partial charge in [-0.2, -0.15) is 5.26 Å². The molecule has 0 N–H and O–H groups in total. The lowest BCUT2D eigenvalue weighted by Gasteiger charge is -2.07. The fourth-order valence-corrected chi connectivity index (χ4v) is 1.52. The average Bonchev–Trinajstić information content (AvgIpc) is 2.31. The summed E-state index contributed by atoms with van der Waals surface area (Å²) in [5, 5.41) is 9.28. The van der Waals surface area contributed by atoms with E-state index in [9.17, 15) is 0 Å². The van der Waals surface area contributed by atoms with E-state index in [1.807, 2.05) is 6.07 Å². The Morgan fingerprint density at radius 2 is 2.19 bits per heavy atom. The van der Waals surface area contributed by atoms with Crippen molar-refractivity contribution in [1.29, 1.82) is 5.26 Å². The van der Waals surface area contributed by atoms with Crippen LogP contribution >= 0.6 is 11.6 Å². The third-order valence-electron chi connectivity index (χ3n) is 2.09. The van der Waals surface area contributed by atoms with Crippen molar-refractivity contribution >= 4 is 11.6 Å². The molecule has 2 heterocycles. The SMILES string of the molecule is N#CC(c1cccnc1)c1ccnc(Cl)n1. The summed E-state index contributed by atoms with van der Waals surface area (Å²) in [6.45, 7) is 0. The Labute approximate surface area is 97.6 Å². The summed E-state index contributed by atoms with van der Waals surface area (Å²) in [7, 11) is 0. The van der Waals surface area contributed by atoms with Crippen LogP contribution in [0.3, 0.4) is 0 Å². The number of rotatable bonds is 2. The highest BCUT2D eigenvalue weighted by Crippen LogP contribution is 2.21. The number of aromatic nitrogens is 3. The van der Waals surface area contributed by atoms with Crippen molar-refractivity contribution in [1.82, 2.24) is 15.0 Å². The van der Waals surface area contributed by atoms with Gasteiger partial charge in [0.05, 0.1) is 11.8 Å². The van der Waals surface area contributed by atoms with Gasteiger partial charge in [0.1, 0.15) is 5.92 Å². The molecule has 16 heavy (non-hydrogen) atoms. The van der Waals surface area contributed by atoms with E-state index < -0.39 is 5.92 Å². The van der Waals surface area contributed by atoms with Gasteiger partial charge in [-0.15, -0.1) is 0 Å². The molecule has 0 spiro atoms. The summed E-state index contributed by atoms with van der Waals surface area (Å²) < 4.78 is 0. The third-order valence-corrected chi connectivity index (χ3v) is 2.27. The van der Waals surface area contributed by atoms with Gasteiger partial charge in [0.25, 0.3) is 0 Å². The zero-order valence-electron chi connectivity index (χ0n) is 8.21. The largest absolute Gasteiger partial charge is 0.264 e. The lowest BCUT2D eigenvalue weighted by molar-refractivity contribution is 0.935. The molecular formula is C11H7ClN4. The van der Waals surface area contributed by atoms with Gasteiger partial charge in [0.2, 0.25) is 5.28 Å². The Bertz CT molecular complexity index is 521. The molecule has 0 aliphatic heterocycles. The molecule has 1 unspecified atom stereocenters. The van der Waals surface area contributed by atoms with E-state index in [2.05, 4.69) is 21.0 Å². The van der Waals surface area contributed by atoms with Crippen molar-refractivity contribution in [2.45, 2.75) is 5.92 Å². The zero-order chi connectivity index (χ0) is 11.4. The van der Waals surface area contributed by atoms with Crippen molar-refractivity contribution in [2.75, 3.05) is 0 Å². The predicted octanol–water partition coefficient (Wildman–Crippen LogP) is 2.18. The van der Waals surface area contributed by atoms with E-state index in [1.165, 1.54) is 6.20 Å². The number of hydrogen-bond donors (Lipinski definition) is 0. The summed E-state index contributed by atoms with van der Waals surface area (Å²) >= 11 is 5.69. The molecule has 0 saturated carbocycles. The third kappa shape index (κ3) is 2.15. The fraction of sp³-hybridized carbons (Fsp3) is 0.0909. The number of pyridine rings is 1. The molecule has 0 aliphatic carbocycles. The fourth-order valence-electron chi connectivity index (χ4n) is 1.37. The molecule has 78 valence electrons. The maximum Gasteiger partial charge on any atom is 0.222 e. The Balaban J connectivity index is 2.42. The van der Waals surface area contributed by atoms with Crippen molar-refractivity contribution in [3.8, 4) is 6.07 Å². The van der Waals surface area contributed by atoms with Crippen LogP contribution in [-0.2, 0) is 0 Å². The molecule has 0 aromatic carbocycles. The van der Waals surface area contributed by atoms with Crippen LogP contribution in [0, 0.1) is 11.3 Å². The first-order valence-electron chi connectivity index (χ1n) is 4.59. The topological polar surface area (TPSA) is 62.5 Å². The maximum absolute atomic E-state index is 9.14. The van der Waals surface area contributed by atoms with Gasteiger partial charge in [-0.05, 0) is 29.3 Å². The minimum absolute atomic E-state index is 0.140. The predicted molar refractivity (Wildman–Crippen MR) is 58.7 cm³/mol. The maximum atomic E-state index is 9.14. The Morgan fingerprint density at radius 3 is 2.81 bits per heavy atom. The van der Waals surface area contributed by atoms with E-state index in [4.69, 9.17) is 16.9 Å². The second-order valence-electron chi connectivity index (χ2n) is 3.10. The molecule has 0 amide bonds. The first-order valence-corrected chi connectivity index (χ1v) is 4.97. The van der Waals surface area contributed by atoms with E-state index in [0.29, 0.717) is 5.69 Å². The molecule has 2 aromatic rings. The molecule has 0 radical (unpaired) electrons. The summed E-state index contributed by atoms with van der Waals surface area (Å²) in [5.74, 6) is -0.464. The Kier molecular flexibility index (Phi) is 3.08. The minimum Gasteiger partial charge on any atom is -0.264 e. The molecule has 0 bridgehead atoms. The van der Waals surface area contributed by atoms with Crippen LogP contribution in [0.4, 0.5) is 0 Å². The number of hydrogen-bond acceptors (Lipinski definition) is 4. The molecule has 0 saturated heterocycles. The highest BCUT2D eigenvalue weighted by Gasteiger charge is 2.15. The lowest BCUT2D eigenvalue weighted by Crippen LogP contribution is -2.02. The molecule has 0 aliphatic rings. The van der Waals surface area contributed by atoms with Gasteiger partial charge < -0.3 is 0 Å². The monoisotopic (exact) mass is 230 g/mol. The molecule has 5 heteroatoms. The molecule has 0 fully saturated rings. The van der Waals surface area contributed by atoms with Crippen LogP contribution in [0.15, 0.2) is 36.8 Å². The standard InChI is InChI=1S/C11H7ClN4/c12-11-15-5-3-10(16-11)9(6-13)8-2-1-4-14-7-8/h1-5,7,9H. The van der Waals surface area contributed by atoms with Gasteiger partial charge in [0, 0.05) is 18.6 Å². The lowest BCUT2D eigenvalue weighted by atomic mass is 9.99. The summed E-state index contributed by atoms with van der Waals surface area (Å²) in [4.78, 5) is 11.8. The van der Waals surface area contributed by atoms with Crippen LogP contribution in [0.25, 0.3) is 0 Å². The zero-order valence-corrected chi connectivity index (χ0v) is 8.96. The van der Waals surface area contributed by atoms with Crippen LogP contribution in [-0.4, -0.2) is 15.0 Å².